The van der Waals surface area contributed by atoms with Crippen LogP contribution in [0.1, 0.15) is 5.56 Å². The van der Waals surface area contributed by atoms with E-state index < -0.39 is 29.0 Å². The third-order valence-corrected chi connectivity index (χ3v) is 3.90. The molecule has 0 unspecified atom stereocenters. The fraction of sp³-hybridized carbons (Fsp3) is 0.176. The van der Waals surface area contributed by atoms with Gasteiger partial charge in [0.05, 0.1) is 0 Å². The quantitative estimate of drug-likeness (QED) is 0.359. The molecule has 0 radical (unpaired) electrons. The standard InChI is InChI=1S/C17H9F7/c18-15(16(19,20)21,17(22,23)24)14-7-3-6-12-8-10-4-1-2-5-11(10)9-13(12)14/h1-9H. The maximum Gasteiger partial charge on any atom is 0.435 e. The first-order valence-electron chi connectivity index (χ1n) is 6.80. The van der Waals surface area contributed by atoms with E-state index in [2.05, 4.69) is 0 Å². The van der Waals surface area contributed by atoms with Crippen molar-refractivity contribution in [2.24, 2.45) is 0 Å². The predicted octanol–water partition coefficient (Wildman–Crippen LogP) is 6.28. The van der Waals surface area contributed by atoms with E-state index in [0.29, 0.717) is 16.8 Å². The van der Waals surface area contributed by atoms with Crippen LogP contribution in [0.4, 0.5) is 30.7 Å². The summed E-state index contributed by atoms with van der Waals surface area (Å²) in [5, 5.41) is 0.727. The Morgan fingerprint density at radius 2 is 1.04 bits per heavy atom. The van der Waals surface area contributed by atoms with Gasteiger partial charge in [0.1, 0.15) is 0 Å². The number of fused-ring (bicyclic) bond motifs is 2. The zero-order chi connectivity index (χ0) is 17.8. The van der Waals surface area contributed by atoms with Crippen LogP contribution in [-0.4, -0.2) is 12.4 Å². The highest BCUT2D eigenvalue weighted by Gasteiger charge is 2.73. The highest BCUT2D eigenvalue weighted by Crippen LogP contribution is 2.54. The molecule has 0 atom stereocenters. The summed E-state index contributed by atoms with van der Waals surface area (Å²) in [5.41, 5.74) is -6.90. The summed E-state index contributed by atoms with van der Waals surface area (Å²) in [6.45, 7) is 0. The van der Waals surface area contributed by atoms with Gasteiger partial charge in [0.25, 0.3) is 0 Å². The zero-order valence-electron chi connectivity index (χ0n) is 11.8. The molecule has 3 aromatic rings. The highest BCUT2D eigenvalue weighted by atomic mass is 19.4. The Labute approximate surface area is 131 Å². The molecule has 3 rings (SSSR count). The second kappa shape index (κ2) is 5.09. The van der Waals surface area contributed by atoms with Gasteiger partial charge in [-0.25, -0.2) is 4.39 Å². The molecule has 0 aliphatic heterocycles. The topological polar surface area (TPSA) is 0 Å². The first-order valence-corrected chi connectivity index (χ1v) is 6.80. The smallest absolute Gasteiger partial charge is 0.218 e. The van der Waals surface area contributed by atoms with Crippen LogP contribution in [0.2, 0.25) is 0 Å². The summed E-state index contributed by atoms with van der Waals surface area (Å²) in [6, 6.07) is 11.9. The molecule has 0 N–H and O–H groups in total. The number of alkyl halides is 7. The molecule has 0 saturated carbocycles. The largest absolute Gasteiger partial charge is 0.435 e. The van der Waals surface area contributed by atoms with Crippen LogP contribution < -0.4 is 0 Å². The van der Waals surface area contributed by atoms with Crippen LogP contribution >= 0.6 is 0 Å². The van der Waals surface area contributed by atoms with Crippen molar-refractivity contribution in [3.8, 4) is 0 Å². The van der Waals surface area contributed by atoms with E-state index in [4.69, 9.17) is 0 Å². The summed E-state index contributed by atoms with van der Waals surface area (Å²) in [6.07, 6.45) is -12.3. The fourth-order valence-electron chi connectivity index (χ4n) is 2.73. The average molecular weight is 346 g/mol. The lowest BCUT2D eigenvalue weighted by Crippen LogP contribution is -2.50. The molecule has 0 spiro atoms. The molecule has 7 heteroatoms. The minimum atomic E-state index is -6.13. The van der Waals surface area contributed by atoms with Gasteiger partial charge in [0.15, 0.2) is 0 Å². The van der Waals surface area contributed by atoms with E-state index in [1.807, 2.05) is 0 Å². The number of rotatable bonds is 1. The Balaban J connectivity index is 2.42. The van der Waals surface area contributed by atoms with Gasteiger partial charge in [0.2, 0.25) is 0 Å². The van der Waals surface area contributed by atoms with Crippen molar-refractivity contribution in [2.45, 2.75) is 18.0 Å². The summed E-state index contributed by atoms with van der Waals surface area (Å²) in [5.74, 6) is 0. The van der Waals surface area contributed by atoms with Crippen LogP contribution in [0.25, 0.3) is 21.5 Å². The van der Waals surface area contributed by atoms with Crippen LogP contribution in [0.3, 0.4) is 0 Å². The predicted molar refractivity (Wildman–Crippen MR) is 76.4 cm³/mol. The molecule has 0 aromatic heterocycles. The second-order valence-electron chi connectivity index (χ2n) is 5.38. The van der Waals surface area contributed by atoms with Gasteiger partial charge in [0, 0.05) is 5.56 Å². The van der Waals surface area contributed by atoms with E-state index >= 15 is 0 Å². The minimum Gasteiger partial charge on any atom is -0.218 e. The average Bonchev–Trinajstić information content (AvgIpc) is 2.49. The van der Waals surface area contributed by atoms with E-state index in [-0.39, 0.29) is 5.39 Å². The molecule has 3 aromatic carbocycles. The molecule has 0 saturated heterocycles. The lowest BCUT2D eigenvalue weighted by molar-refractivity contribution is -0.348. The van der Waals surface area contributed by atoms with Crippen LogP contribution in [0.15, 0.2) is 54.6 Å². The Morgan fingerprint density at radius 1 is 0.542 bits per heavy atom. The SMILES string of the molecule is FC(F)(F)C(F)(c1cccc2cc3ccccc3cc12)C(F)(F)F. The zero-order valence-corrected chi connectivity index (χ0v) is 11.8. The normalized spacial score (nSPS) is 13.6. The van der Waals surface area contributed by atoms with Crippen molar-refractivity contribution >= 4 is 21.5 Å². The molecular weight excluding hydrogens is 337 g/mol. The van der Waals surface area contributed by atoms with Crippen LogP contribution in [0, 0.1) is 0 Å². The Hall–Kier alpha value is -2.31. The number of hydrogen-bond acceptors (Lipinski definition) is 0. The van der Waals surface area contributed by atoms with Gasteiger partial charge in [-0.05, 0) is 33.7 Å². The Morgan fingerprint density at radius 3 is 1.58 bits per heavy atom. The summed E-state index contributed by atoms with van der Waals surface area (Å²) in [7, 11) is 0. The van der Waals surface area contributed by atoms with Crippen molar-refractivity contribution in [3.05, 3.63) is 60.2 Å². The van der Waals surface area contributed by atoms with Crippen LogP contribution in [0.5, 0.6) is 0 Å². The summed E-state index contributed by atoms with van der Waals surface area (Å²) < 4.78 is 92.6. The molecule has 0 heterocycles. The third kappa shape index (κ3) is 2.30. The minimum absolute atomic E-state index is 0.0988. The van der Waals surface area contributed by atoms with Crippen molar-refractivity contribution < 1.29 is 30.7 Å². The molecule has 0 aliphatic carbocycles. The third-order valence-electron chi connectivity index (χ3n) is 3.90. The van der Waals surface area contributed by atoms with Gasteiger partial charge in [-0.3, -0.25) is 0 Å². The number of halogens is 7. The van der Waals surface area contributed by atoms with E-state index in [1.54, 1.807) is 18.2 Å². The van der Waals surface area contributed by atoms with Crippen LogP contribution in [-0.2, 0) is 5.67 Å². The first kappa shape index (κ1) is 16.5. The first-order chi connectivity index (χ1) is 11.1. The fourth-order valence-corrected chi connectivity index (χ4v) is 2.73. The summed E-state index contributed by atoms with van der Waals surface area (Å²) >= 11 is 0. The monoisotopic (exact) mass is 346 g/mol. The summed E-state index contributed by atoms with van der Waals surface area (Å²) in [4.78, 5) is 0. The van der Waals surface area contributed by atoms with Gasteiger partial charge in [-0.2, -0.15) is 26.3 Å². The molecule has 24 heavy (non-hydrogen) atoms. The molecule has 126 valence electrons. The van der Waals surface area contributed by atoms with Crippen molar-refractivity contribution in [2.75, 3.05) is 0 Å². The lowest BCUT2D eigenvalue weighted by atomic mass is 9.88. The van der Waals surface area contributed by atoms with E-state index in [9.17, 15) is 30.7 Å². The lowest BCUT2D eigenvalue weighted by Gasteiger charge is -2.31. The van der Waals surface area contributed by atoms with Crippen molar-refractivity contribution in [3.63, 3.8) is 0 Å². The van der Waals surface area contributed by atoms with Crippen molar-refractivity contribution in [1.82, 2.24) is 0 Å². The second-order valence-corrected chi connectivity index (χ2v) is 5.38. The number of hydrogen-bond donors (Lipinski definition) is 0. The van der Waals surface area contributed by atoms with Crippen molar-refractivity contribution in [1.29, 1.82) is 0 Å². The van der Waals surface area contributed by atoms with Gasteiger partial charge < -0.3 is 0 Å². The Bertz CT molecular complexity index is 892. The van der Waals surface area contributed by atoms with Gasteiger partial charge in [-0.15, -0.1) is 0 Å². The Kier molecular flexibility index (Phi) is 3.51. The maximum absolute atomic E-state index is 14.4. The van der Waals surface area contributed by atoms with Gasteiger partial charge in [-0.1, -0.05) is 42.5 Å². The maximum atomic E-state index is 14.4. The molecule has 0 fully saturated rings. The molecule has 0 nitrogen and oxygen atoms in total. The van der Waals surface area contributed by atoms with E-state index in [0.717, 1.165) is 12.1 Å². The molecule has 0 bridgehead atoms. The van der Waals surface area contributed by atoms with E-state index in [1.165, 1.54) is 18.2 Å². The molecule has 0 amide bonds. The number of benzene rings is 3. The molecular formula is C17H9F7. The van der Waals surface area contributed by atoms with Gasteiger partial charge >= 0.3 is 18.0 Å². The molecule has 0 aliphatic rings. The highest BCUT2D eigenvalue weighted by molar-refractivity contribution is 6.00.